The van der Waals surface area contributed by atoms with Gasteiger partial charge in [0.15, 0.2) is 11.9 Å². The van der Waals surface area contributed by atoms with Crippen molar-refractivity contribution in [3.8, 4) is 5.75 Å². The van der Waals surface area contributed by atoms with Crippen molar-refractivity contribution in [2.24, 2.45) is 0 Å². The molecule has 2 aromatic rings. The monoisotopic (exact) mass is 344 g/mol. The summed E-state index contributed by atoms with van der Waals surface area (Å²) in [6.07, 6.45) is -0.558. The van der Waals surface area contributed by atoms with Gasteiger partial charge in [-0.25, -0.2) is 0 Å². The lowest BCUT2D eigenvalue weighted by Gasteiger charge is -2.37. The van der Waals surface area contributed by atoms with Crippen molar-refractivity contribution in [3.63, 3.8) is 0 Å². The van der Waals surface area contributed by atoms with Gasteiger partial charge in [-0.15, -0.1) is 0 Å². The van der Waals surface area contributed by atoms with Gasteiger partial charge >= 0.3 is 0 Å². The summed E-state index contributed by atoms with van der Waals surface area (Å²) in [7, 11) is 0. The minimum absolute atomic E-state index is 0.00971. The van der Waals surface area contributed by atoms with Crippen LogP contribution in [0.1, 0.15) is 11.7 Å². The number of morpholine rings is 1. The van der Waals surface area contributed by atoms with E-state index in [-0.39, 0.29) is 5.91 Å². The number of ether oxygens (including phenoxy) is 2. The number of carbonyl (C=O) groups excluding carboxylic acids is 1. The fourth-order valence-electron chi connectivity index (χ4n) is 3.14. The van der Waals surface area contributed by atoms with Crippen LogP contribution >= 0.6 is 0 Å². The van der Waals surface area contributed by atoms with Gasteiger partial charge in [0.25, 0.3) is 5.91 Å². The molecule has 0 unspecified atom stereocenters. The highest BCUT2D eigenvalue weighted by molar-refractivity contribution is 5.83. The van der Waals surface area contributed by atoms with Crippen molar-refractivity contribution < 1.29 is 18.8 Å². The largest absolute Gasteiger partial charge is 0.477 e. The van der Waals surface area contributed by atoms with Crippen molar-refractivity contribution in [3.05, 3.63) is 36.0 Å². The van der Waals surface area contributed by atoms with Gasteiger partial charge in [0.2, 0.25) is 5.89 Å². The highest BCUT2D eigenvalue weighted by atomic mass is 16.5. The molecule has 0 radical (unpaired) electrons. The summed E-state index contributed by atoms with van der Waals surface area (Å²) in [6, 6.07) is 7.68. The average molecular weight is 344 g/mol. The molecule has 3 heterocycles. The number of nitrogens with zero attached hydrogens (tertiary/aromatic N) is 4. The lowest BCUT2D eigenvalue weighted by Crippen LogP contribution is -2.52. The van der Waals surface area contributed by atoms with Crippen LogP contribution in [0.5, 0.6) is 5.75 Å². The average Bonchev–Trinajstić information content (AvgIpc) is 3.06. The molecule has 0 aliphatic carbocycles. The predicted octanol–water partition coefficient (Wildman–Crippen LogP) is 1.00. The van der Waals surface area contributed by atoms with E-state index in [2.05, 4.69) is 15.0 Å². The van der Waals surface area contributed by atoms with E-state index in [0.717, 1.165) is 5.69 Å². The van der Waals surface area contributed by atoms with Crippen LogP contribution in [-0.4, -0.2) is 59.9 Å². The smallest absolute Gasteiger partial charge is 0.265 e. The number of hydrogen-bond acceptors (Lipinski definition) is 7. The summed E-state index contributed by atoms with van der Waals surface area (Å²) in [6.45, 7) is 5.00. The SMILES string of the molecule is Cc1noc(CN2C[C@H](C(=O)N3CCOCC3)Oc3ccccc32)n1. The number of rotatable bonds is 3. The maximum Gasteiger partial charge on any atom is 0.265 e. The summed E-state index contributed by atoms with van der Waals surface area (Å²) in [5, 5.41) is 3.83. The molecule has 4 rings (SSSR count). The summed E-state index contributed by atoms with van der Waals surface area (Å²) in [5.41, 5.74) is 0.921. The van der Waals surface area contributed by atoms with E-state index in [4.69, 9.17) is 14.0 Å². The van der Waals surface area contributed by atoms with E-state index in [1.807, 2.05) is 24.3 Å². The Morgan fingerprint density at radius 1 is 1.28 bits per heavy atom. The zero-order valence-electron chi connectivity index (χ0n) is 14.1. The number of para-hydroxylation sites is 2. The van der Waals surface area contributed by atoms with Crippen LogP contribution in [0.3, 0.4) is 0 Å². The minimum Gasteiger partial charge on any atom is -0.477 e. The van der Waals surface area contributed by atoms with Crippen LogP contribution in [-0.2, 0) is 16.1 Å². The maximum absolute atomic E-state index is 12.8. The molecule has 1 aromatic heterocycles. The van der Waals surface area contributed by atoms with Crippen molar-refractivity contribution in [1.82, 2.24) is 15.0 Å². The number of benzene rings is 1. The van der Waals surface area contributed by atoms with E-state index in [9.17, 15) is 4.79 Å². The van der Waals surface area contributed by atoms with Crippen molar-refractivity contribution in [1.29, 1.82) is 0 Å². The number of amides is 1. The van der Waals surface area contributed by atoms with Gasteiger partial charge in [-0.05, 0) is 19.1 Å². The van der Waals surface area contributed by atoms with Gasteiger partial charge in [-0.2, -0.15) is 4.98 Å². The number of anilines is 1. The lowest BCUT2D eigenvalue weighted by atomic mass is 10.1. The van der Waals surface area contributed by atoms with E-state index < -0.39 is 6.10 Å². The molecule has 1 fully saturated rings. The molecule has 8 nitrogen and oxygen atoms in total. The molecule has 1 atom stereocenters. The molecule has 2 aliphatic heterocycles. The molecular weight excluding hydrogens is 324 g/mol. The molecule has 25 heavy (non-hydrogen) atoms. The Hall–Kier alpha value is -2.61. The number of carbonyl (C=O) groups is 1. The number of fused-ring (bicyclic) bond motifs is 1. The second-order valence-corrected chi connectivity index (χ2v) is 6.13. The Balaban J connectivity index is 1.56. The van der Waals surface area contributed by atoms with Crippen molar-refractivity contribution in [2.45, 2.75) is 19.6 Å². The first kappa shape index (κ1) is 15.9. The highest BCUT2D eigenvalue weighted by Crippen LogP contribution is 2.34. The molecule has 0 bridgehead atoms. The summed E-state index contributed by atoms with van der Waals surface area (Å²) < 4.78 is 16.5. The summed E-state index contributed by atoms with van der Waals surface area (Å²) in [4.78, 5) is 21.0. The van der Waals surface area contributed by atoms with Gasteiger partial charge in [-0.3, -0.25) is 4.79 Å². The van der Waals surface area contributed by atoms with Crippen LogP contribution in [0.25, 0.3) is 0 Å². The zero-order chi connectivity index (χ0) is 17.2. The highest BCUT2D eigenvalue weighted by Gasteiger charge is 2.34. The van der Waals surface area contributed by atoms with E-state index in [1.54, 1.807) is 11.8 Å². The van der Waals surface area contributed by atoms with Crippen LogP contribution in [0.15, 0.2) is 28.8 Å². The quantitative estimate of drug-likeness (QED) is 0.822. The van der Waals surface area contributed by atoms with Gasteiger partial charge in [0.1, 0.15) is 5.75 Å². The second-order valence-electron chi connectivity index (χ2n) is 6.13. The molecule has 1 saturated heterocycles. The van der Waals surface area contributed by atoms with Gasteiger partial charge in [0, 0.05) is 13.1 Å². The summed E-state index contributed by atoms with van der Waals surface area (Å²) in [5.74, 6) is 1.80. The Morgan fingerprint density at radius 3 is 2.84 bits per heavy atom. The molecule has 0 saturated carbocycles. The van der Waals surface area contributed by atoms with Gasteiger partial charge in [0.05, 0.1) is 32.0 Å². The molecule has 0 spiro atoms. The Morgan fingerprint density at radius 2 is 2.08 bits per heavy atom. The molecule has 0 N–H and O–H groups in total. The third-order valence-corrected chi connectivity index (χ3v) is 4.36. The second kappa shape index (κ2) is 6.72. The first-order chi connectivity index (χ1) is 12.2. The standard InChI is InChI=1S/C17H20N4O4/c1-12-18-16(25-19-12)11-21-10-15(17(22)20-6-8-23-9-7-20)24-14-5-3-2-4-13(14)21/h2-5,15H,6-11H2,1H3/t15-/m1/s1. The van der Waals surface area contributed by atoms with Gasteiger partial charge in [-0.1, -0.05) is 17.3 Å². The lowest BCUT2D eigenvalue weighted by molar-refractivity contribution is -0.142. The first-order valence-corrected chi connectivity index (χ1v) is 8.37. The van der Waals surface area contributed by atoms with Crippen molar-refractivity contribution in [2.75, 3.05) is 37.7 Å². The Bertz CT molecular complexity index is 757. The molecular formula is C17H20N4O4. The molecule has 132 valence electrons. The molecule has 1 aromatic carbocycles. The molecule has 1 amide bonds. The predicted molar refractivity (Wildman–Crippen MR) is 88.3 cm³/mol. The number of aryl methyl sites for hydroxylation is 1. The normalized spacial score (nSPS) is 20.1. The maximum atomic E-state index is 12.8. The van der Waals surface area contributed by atoms with E-state index in [0.29, 0.717) is 56.9 Å². The Kier molecular flexibility index (Phi) is 4.27. The van der Waals surface area contributed by atoms with Crippen LogP contribution in [0.4, 0.5) is 5.69 Å². The number of aromatic nitrogens is 2. The topological polar surface area (TPSA) is 80.9 Å². The van der Waals surface area contributed by atoms with Crippen LogP contribution < -0.4 is 9.64 Å². The molecule has 8 heteroatoms. The fourth-order valence-corrected chi connectivity index (χ4v) is 3.14. The van der Waals surface area contributed by atoms with Crippen LogP contribution in [0, 0.1) is 6.92 Å². The third kappa shape index (κ3) is 3.30. The first-order valence-electron chi connectivity index (χ1n) is 8.37. The van der Waals surface area contributed by atoms with E-state index >= 15 is 0 Å². The van der Waals surface area contributed by atoms with Crippen LogP contribution in [0.2, 0.25) is 0 Å². The van der Waals surface area contributed by atoms with Crippen molar-refractivity contribution >= 4 is 11.6 Å². The van der Waals surface area contributed by atoms with E-state index in [1.165, 1.54) is 0 Å². The fraction of sp³-hybridized carbons (Fsp3) is 0.471. The number of hydrogen-bond donors (Lipinski definition) is 0. The Labute approximate surface area is 145 Å². The minimum atomic E-state index is -0.558. The van der Waals surface area contributed by atoms with Gasteiger partial charge < -0.3 is 23.8 Å². The third-order valence-electron chi connectivity index (χ3n) is 4.36. The summed E-state index contributed by atoms with van der Waals surface area (Å²) >= 11 is 0. The molecule has 2 aliphatic rings. The zero-order valence-corrected chi connectivity index (χ0v) is 14.1.